The van der Waals surface area contributed by atoms with E-state index in [1.807, 2.05) is 55.6 Å². The van der Waals surface area contributed by atoms with E-state index in [2.05, 4.69) is 30.3 Å². The second kappa shape index (κ2) is 13.0. The Morgan fingerprint density at radius 1 is 1.09 bits per heavy atom. The largest absolute Gasteiger partial charge is 0.397 e. The highest BCUT2D eigenvalue weighted by atomic mass is 19.1. The molecule has 0 saturated heterocycles. The van der Waals surface area contributed by atoms with Gasteiger partial charge in [0.1, 0.15) is 5.82 Å². The van der Waals surface area contributed by atoms with E-state index in [4.69, 9.17) is 11.0 Å². The van der Waals surface area contributed by atoms with Crippen molar-refractivity contribution in [2.24, 2.45) is 0 Å². The van der Waals surface area contributed by atoms with Crippen LogP contribution < -0.4 is 5.73 Å². The minimum atomic E-state index is -0.264. The average Bonchev–Trinajstić information content (AvgIpc) is 2.84. The van der Waals surface area contributed by atoms with Gasteiger partial charge in [-0.3, -0.25) is 4.98 Å². The predicted octanol–water partition coefficient (Wildman–Crippen LogP) is 6.61. The first-order valence-electron chi connectivity index (χ1n) is 11.3. The lowest BCUT2D eigenvalue weighted by Gasteiger charge is -2.26. The molecule has 0 aliphatic rings. The standard InChI is InChI=1S/C15H12FN.C13H21N3/c1-11(13-5-3-2-4-6-13)14-9-12(10-17)7-8-15(14)16;1-4-6-16(7-5-2)11(3)12-8-13(14)10-15-9-12/h2-9,11H,1H3;8-10H,3-7,14H2,1-2H3. The number of nitrogen functional groups attached to an aromatic ring is 1. The minimum absolute atomic E-state index is 0.0514. The van der Waals surface area contributed by atoms with Crippen molar-refractivity contribution in [1.29, 1.82) is 5.26 Å². The maximum Gasteiger partial charge on any atom is 0.127 e. The number of halogens is 1. The summed E-state index contributed by atoms with van der Waals surface area (Å²) in [5.74, 6) is -0.315. The number of aromatic nitrogens is 1. The normalized spacial score (nSPS) is 11.0. The van der Waals surface area contributed by atoms with Gasteiger partial charge in [0.2, 0.25) is 0 Å². The summed E-state index contributed by atoms with van der Waals surface area (Å²) in [6.07, 6.45) is 5.71. The van der Waals surface area contributed by atoms with Crippen LogP contribution in [0.15, 0.2) is 73.6 Å². The van der Waals surface area contributed by atoms with Crippen LogP contribution in [0.5, 0.6) is 0 Å². The summed E-state index contributed by atoms with van der Waals surface area (Å²) < 4.78 is 13.7. The van der Waals surface area contributed by atoms with Crippen molar-refractivity contribution >= 4 is 11.4 Å². The quantitative estimate of drug-likeness (QED) is 0.425. The number of benzene rings is 2. The molecule has 172 valence electrons. The lowest BCUT2D eigenvalue weighted by atomic mass is 9.92. The van der Waals surface area contributed by atoms with Gasteiger partial charge in [0.05, 0.1) is 17.3 Å². The number of nitrogens with zero attached hydrogens (tertiary/aromatic N) is 3. The highest BCUT2D eigenvalue weighted by Gasteiger charge is 2.13. The number of rotatable bonds is 8. The number of pyridine rings is 1. The maximum atomic E-state index is 13.7. The van der Waals surface area contributed by atoms with Crippen LogP contribution in [0, 0.1) is 17.1 Å². The van der Waals surface area contributed by atoms with Gasteiger partial charge in [0, 0.05) is 42.7 Å². The summed E-state index contributed by atoms with van der Waals surface area (Å²) in [6.45, 7) is 12.5. The first kappa shape index (κ1) is 25.6. The molecule has 0 radical (unpaired) electrons. The Kier molecular flexibility index (Phi) is 10.1. The third kappa shape index (κ3) is 7.47. The SMILES string of the molecule is C=C(c1cncc(N)c1)N(CCC)CCC.CC(c1ccccc1)c1cc(C#N)ccc1F. The summed E-state index contributed by atoms with van der Waals surface area (Å²) in [5, 5.41) is 8.83. The summed E-state index contributed by atoms with van der Waals surface area (Å²) in [6, 6.07) is 18.1. The van der Waals surface area contributed by atoms with Gasteiger partial charge in [0.25, 0.3) is 0 Å². The Hall–Kier alpha value is -3.65. The van der Waals surface area contributed by atoms with Crippen LogP contribution in [0.2, 0.25) is 0 Å². The first-order valence-corrected chi connectivity index (χ1v) is 11.3. The van der Waals surface area contributed by atoms with Crippen LogP contribution in [0.25, 0.3) is 5.70 Å². The van der Waals surface area contributed by atoms with E-state index in [0.29, 0.717) is 16.8 Å². The van der Waals surface area contributed by atoms with Crippen molar-refractivity contribution < 1.29 is 4.39 Å². The van der Waals surface area contributed by atoms with Gasteiger partial charge < -0.3 is 10.6 Å². The fourth-order valence-electron chi connectivity index (χ4n) is 3.59. The Morgan fingerprint density at radius 3 is 2.33 bits per heavy atom. The van der Waals surface area contributed by atoms with Gasteiger partial charge in [-0.05, 0) is 48.2 Å². The van der Waals surface area contributed by atoms with Gasteiger partial charge in [-0.15, -0.1) is 0 Å². The summed E-state index contributed by atoms with van der Waals surface area (Å²) >= 11 is 0. The molecular formula is C28H33FN4. The minimum Gasteiger partial charge on any atom is -0.397 e. The van der Waals surface area contributed by atoms with Crippen molar-refractivity contribution in [3.63, 3.8) is 0 Å². The molecule has 1 heterocycles. The average molecular weight is 445 g/mol. The van der Waals surface area contributed by atoms with Crippen molar-refractivity contribution in [2.75, 3.05) is 18.8 Å². The van der Waals surface area contributed by atoms with Crippen LogP contribution in [-0.4, -0.2) is 23.0 Å². The van der Waals surface area contributed by atoms with E-state index in [1.54, 1.807) is 12.3 Å². The van der Waals surface area contributed by atoms with Crippen LogP contribution in [0.1, 0.15) is 61.8 Å². The topological polar surface area (TPSA) is 65.9 Å². The highest BCUT2D eigenvalue weighted by molar-refractivity contribution is 5.63. The predicted molar refractivity (Wildman–Crippen MR) is 135 cm³/mol. The Labute approximate surface area is 197 Å². The molecule has 33 heavy (non-hydrogen) atoms. The highest BCUT2D eigenvalue weighted by Crippen LogP contribution is 2.26. The smallest absolute Gasteiger partial charge is 0.127 e. The van der Waals surface area contributed by atoms with Gasteiger partial charge in [0.15, 0.2) is 0 Å². The molecule has 0 spiro atoms. The Morgan fingerprint density at radius 2 is 1.76 bits per heavy atom. The maximum absolute atomic E-state index is 13.7. The number of nitrogens with two attached hydrogens (primary N) is 1. The fraction of sp³-hybridized carbons (Fsp3) is 0.286. The third-order valence-corrected chi connectivity index (χ3v) is 5.35. The molecule has 1 aromatic heterocycles. The molecular weight excluding hydrogens is 411 g/mol. The van der Waals surface area contributed by atoms with E-state index in [-0.39, 0.29) is 11.7 Å². The molecule has 3 rings (SSSR count). The van der Waals surface area contributed by atoms with E-state index in [9.17, 15) is 4.39 Å². The second-order valence-electron chi connectivity index (χ2n) is 7.92. The Balaban J connectivity index is 0.000000234. The number of nitriles is 1. The van der Waals surface area contributed by atoms with Gasteiger partial charge in [-0.2, -0.15) is 5.26 Å². The summed E-state index contributed by atoms with van der Waals surface area (Å²) in [5.41, 5.74) is 10.5. The molecule has 0 aliphatic carbocycles. The van der Waals surface area contributed by atoms with E-state index >= 15 is 0 Å². The molecule has 2 N–H and O–H groups in total. The molecule has 0 amide bonds. The van der Waals surface area contributed by atoms with Crippen LogP contribution in [-0.2, 0) is 0 Å². The molecule has 0 saturated carbocycles. The summed E-state index contributed by atoms with van der Waals surface area (Å²) in [7, 11) is 0. The zero-order chi connectivity index (χ0) is 24.2. The van der Waals surface area contributed by atoms with E-state index in [1.165, 1.54) is 12.1 Å². The number of anilines is 1. The zero-order valence-electron chi connectivity index (χ0n) is 19.8. The van der Waals surface area contributed by atoms with E-state index in [0.717, 1.165) is 42.8 Å². The molecule has 0 fully saturated rings. The monoisotopic (exact) mass is 444 g/mol. The molecule has 0 bridgehead atoms. The van der Waals surface area contributed by atoms with Crippen molar-refractivity contribution in [2.45, 2.75) is 39.5 Å². The lowest BCUT2D eigenvalue weighted by Crippen LogP contribution is -2.23. The molecule has 2 aromatic carbocycles. The Bertz CT molecular complexity index is 1070. The summed E-state index contributed by atoms with van der Waals surface area (Å²) in [4.78, 5) is 6.38. The van der Waals surface area contributed by atoms with Gasteiger partial charge >= 0.3 is 0 Å². The molecule has 4 nitrogen and oxygen atoms in total. The number of hydrogen-bond donors (Lipinski definition) is 1. The van der Waals surface area contributed by atoms with Crippen molar-refractivity contribution in [3.8, 4) is 6.07 Å². The third-order valence-electron chi connectivity index (χ3n) is 5.35. The van der Waals surface area contributed by atoms with Crippen molar-refractivity contribution in [3.05, 3.63) is 102 Å². The van der Waals surface area contributed by atoms with Crippen molar-refractivity contribution in [1.82, 2.24) is 9.88 Å². The van der Waals surface area contributed by atoms with Crippen LogP contribution in [0.3, 0.4) is 0 Å². The lowest BCUT2D eigenvalue weighted by molar-refractivity contribution is 0.397. The second-order valence-corrected chi connectivity index (χ2v) is 7.92. The van der Waals surface area contributed by atoms with Crippen LogP contribution in [0.4, 0.5) is 10.1 Å². The number of hydrogen-bond acceptors (Lipinski definition) is 4. The first-order chi connectivity index (χ1) is 15.9. The van der Waals surface area contributed by atoms with Crippen LogP contribution >= 0.6 is 0 Å². The van der Waals surface area contributed by atoms with Gasteiger partial charge in [-0.25, -0.2) is 4.39 Å². The van der Waals surface area contributed by atoms with Gasteiger partial charge in [-0.1, -0.05) is 57.7 Å². The molecule has 3 aromatic rings. The fourth-order valence-corrected chi connectivity index (χ4v) is 3.59. The molecule has 1 unspecified atom stereocenters. The molecule has 5 heteroatoms. The molecule has 1 atom stereocenters. The molecule has 0 aliphatic heterocycles. The zero-order valence-corrected chi connectivity index (χ0v) is 19.8. The van der Waals surface area contributed by atoms with E-state index < -0.39 is 0 Å².